The van der Waals surface area contributed by atoms with E-state index in [0.29, 0.717) is 11.4 Å². The largest absolute Gasteiger partial charge is 0.461 e. The summed E-state index contributed by atoms with van der Waals surface area (Å²) in [5, 5.41) is 13.5. The van der Waals surface area contributed by atoms with Gasteiger partial charge >= 0.3 is 5.97 Å². The van der Waals surface area contributed by atoms with Crippen LogP contribution in [-0.2, 0) is 33.7 Å². The number of carbonyl (C=O) groups excluding carboxylic acids is 2. The molecule has 0 bridgehead atoms. The average molecular weight is 552 g/mol. The van der Waals surface area contributed by atoms with Crippen LogP contribution in [0.2, 0.25) is 0 Å². The minimum absolute atomic E-state index is 0.0379. The molecule has 1 atom stereocenters. The molecule has 7 heteroatoms. The van der Waals surface area contributed by atoms with Gasteiger partial charge in [-0.1, -0.05) is 36.4 Å². The number of carbonyl (C=O) groups is 2. The first kappa shape index (κ1) is 29.4. The Balaban J connectivity index is 1.26. The number of rotatable bonds is 13. The topological polar surface area (TPSA) is 84.9 Å². The summed E-state index contributed by atoms with van der Waals surface area (Å²) in [7, 11) is 0. The Hall–Kier alpha value is -2.58. The van der Waals surface area contributed by atoms with Gasteiger partial charge in [-0.15, -0.1) is 11.3 Å². The number of benzene rings is 2. The number of hydrogen-bond donors (Lipinski definition) is 2. The Morgan fingerprint density at radius 2 is 1.67 bits per heavy atom. The number of ketones is 1. The fourth-order valence-corrected chi connectivity index (χ4v) is 5.86. The van der Waals surface area contributed by atoms with Gasteiger partial charge in [0.05, 0.1) is 17.1 Å². The van der Waals surface area contributed by atoms with E-state index in [-0.39, 0.29) is 30.1 Å². The molecule has 1 saturated carbocycles. The third kappa shape index (κ3) is 8.97. The third-order valence-corrected chi connectivity index (χ3v) is 8.20. The summed E-state index contributed by atoms with van der Waals surface area (Å²) in [5.41, 5.74) is 3.32. The lowest BCUT2D eigenvalue weighted by Gasteiger charge is -2.25. The molecule has 1 aromatic heterocycles. The maximum Gasteiger partial charge on any atom is 0.325 e. The second kappa shape index (κ2) is 13.7. The highest BCUT2D eigenvalue weighted by molar-refractivity contribution is 7.20. The molecular weight excluding hydrogens is 510 g/mol. The summed E-state index contributed by atoms with van der Waals surface area (Å²) >= 11 is 1.44. The summed E-state index contributed by atoms with van der Waals surface area (Å²) in [5.74, 6) is -0.450. The quantitative estimate of drug-likeness (QED) is 0.200. The standard InChI is InChI=1S/C32H41NO5S/c1-32(2,3)37-21-27(31(36)38-26-9-4-5-10-26)33-19-24-13-11-22(12-14-24)7-6-8-23-15-16-25-18-30(28(35)20-34)39-29(25)17-23/h11-18,26-27,33-34H,4-10,19-21H2,1-3H3/t27-/m0/s1. The van der Waals surface area contributed by atoms with Gasteiger partial charge < -0.3 is 14.6 Å². The number of nitrogens with one attached hydrogen (secondary N) is 1. The van der Waals surface area contributed by atoms with Crippen molar-refractivity contribution in [3.05, 3.63) is 70.1 Å². The Morgan fingerprint density at radius 1 is 1.00 bits per heavy atom. The van der Waals surface area contributed by atoms with Crippen LogP contribution < -0.4 is 5.32 Å². The van der Waals surface area contributed by atoms with Gasteiger partial charge in [-0.25, -0.2) is 0 Å². The smallest absolute Gasteiger partial charge is 0.325 e. The number of fused-ring (bicyclic) bond motifs is 1. The number of thiophene rings is 1. The Kier molecular flexibility index (Phi) is 10.3. The fraction of sp³-hybridized carbons (Fsp3) is 0.500. The first-order valence-electron chi connectivity index (χ1n) is 14.0. The van der Waals surface area contributed by atoms with Crippen molar-refractivity contribution in [1.29, 1.82) is 0 Å². The highest BCUT2D eigenvalue weighted by Gasteiger charge is 2.27. The van der Waals surface area contributed by atoms with Crippen LogP contribution in [0.1, 0.15) is 79.2 Å². The number of aryl methyl sites for hydroxylation is 2. The summed E-state index contributed by atoms with van der Waals surface area (Å²) in [6.45, 7) is 6.37. The van der Waals surface area contributed by atoms with Gasteiger partial charge in [-0.2, -0.15) is 0 Å². The molecule has 0 unspecified atom stereocenters. The zero-order valence-electron chi connectivity index (χ0n) is 23.3. The van der Waals surface area contributed by atoms with Gasteiger partial charge in [0.2, 0.25) is 0 Å². The second-order valence-corrected chi connectivity index (χ2v) is 12.5. The molecule has 1 heterocycles. The molecule has 39 heavy (non-hydrogen) atoms. The SMILES string of the molecule is CC(C)(C)OC[C@H](NCc1ccc(CCCc2ccc3cc(C(=O)CO)sc3c2)cc1)C(=O)OC1CCCC1. The Morgan fingerprint density at radius 3 is 2.36 bits per heavy atom. The van der Waals surface area contributed by atoms with E-state index in [9.17, 15) is 9.59 Å². The van der Waals surface area contributed by atoms with Crippen molar-refractivity contribution in [1.82, 2.24) is 5.32 Å². The van der Waals surface area contributed by atoms with Crippen molar-refractivity contribution in [2.75, 3.05) is 13.2 Å². The normalized spacial score (nSPS) is 15.1. The number of hydrogen-bond acceptors (Lipinski definition) is 7. The number of ether oxygens (including phenoxy) is 2. The van der Waals surface area contributed by atoms with E-state index in [1.54, 1.807) is 0 Å². The molecule has 210 valence electrons. The molecule has 1 aliphatic rings. The highest BCUT2D eigenvalue weighted by atomic mass is 32.1. The Labute approximate surface area is 235 Å². The predicted molar refractivity (Wildman–Crippen MR) is 156 cm³/mol. The van der Waals surface area contributed by atoms with Gasteiger partial charge in [-0.05, 0) is 99.9 Å². The van der Waals surface area contributed by atoms with E-state index in [1.807, 2.05) is 26.8 Å². The van der Waals surface area contributed by atoms with E-state index >= 15 is 0 Å². The minimum atomic E-state index is -0.497. The molecule has 2 aromatic carbocycles. The van der Waals surface area contributed by atoms with Gasteiger partial charge in [0.15, 0.2) is 5.78 Å². The molecule has 0 radical (unpaired) electrons. The first-order chi connectivity index (χ1) is 18.7. The van der Waals surface area contributed by atoms with Crippen molar-refractivity contribution in [3.63, 3.8) is 0 Å². The van der Waals surface area contributed by atoms with E-state index in [0.717, 1.165) is 60.6 Å². The van der Waals surface area contributed by atoms with Gasteiger partial charge in [0.1, 0.15) is 18.8 Å². The van der Waals surface area contributed by atoms with Crippen LogP contribution in [0.15, 0.2) is 48.5 Å². The summed E-state index contributed by atoms with van der Waals surface area (Å²) < 4.78 is 12.8. The van der Waals surface area contributed by atoms with Crippen LogP contribution in [0, 0.1) is 0 Å². The van der Waals surface area contributed by atoms with Crippen molar-refractivity contribution in [2.24, 2.45) is 0 Å². The number of aliphatic hydroxyl groups is 1. The lowest BCUT2D eigenvalue weighted by atomic mass is 10.0. The molecule has 0 aliphatic heterocycles. The summed E-state index contributed by atoms with van der Waals surface area (Å²) in [6, 6.07) is 16.2. The zero-order chi connectivity index (χ0) is 27.8. The average Bonchev–Trinajstić information content (AvgIpc) is 3.58. The van der Waals surface area contributed by atoms with E-state index in [4.69, 9.17) is 14.6 Å². The number of esters is 1. The third-order valence-electron chi connectivity index (χ3n) is 7.06. The van der Waals surface area contributed by atoms with Crippen LogP contribution in [0.25, 0.3) is 10.1 Å². The molecule has 0 spiro atoms. The maximum absolute atomic E-state index is 12.9. The van der Waals surface area contributed by atoms with E-state index in [1.165, 1.54) is 22.5 Å². The van der Waals surface area contributed by atoms with E-state index < -0.39 is 12.6 Å². The lowest BCUT2D eigenvalue weighted by Crippen LogP contribution is -2.44. The van der Waals surface area contributed by atoms with Crippen LogP contribution >= 0.6 is 11.3 Å². The molecule has 1 fully saturated rings. The second-order valence-electron chi connectivity index (χ2n) is 11.4. The van der Waals surface area contributed by atoms with Crippen molar-refractivity contribution in [2.45, 2.75) is 90.0 Å². The molecule has 4 rings (SSSR count). The van der Waals surface area contributed by atoms with Gasteiger partial charge in [0.25, 0.3) is 0 Å². The van der Waals surface area contributed by atoms with Crippen molar-refractivity contribution >= 4 is 33.2 Å². The molecule has 3 aromatic rings. The summed E-state index contributed by atoms with van der Waals surface area (Å²) in [4.78, 5) is 25.2. The first-order valence-corrected chi connectivity index (χ1v) is 14.8. The van der Waals surface area contributed by atoms with Crippen LogP contribution in [0.4, 0.5) is 0 Å². The zero-order valence-corrected chi connectivity index (χ0v) is 24.1. The van der Waals surface area contributed by atoms with E-state index in [2.05, 4.69) is 47.8 Å². The summed E-state index contributed by atoms with van der Waals surface area (Å²) in [6.07, 6.45) is 7.15. The van der Waals surface area contributed by atoms with Crippen molar-refractivity contribution < 1.29 is 24.2 Å². The maximum atomic E-state index is 12.9. The highest BCUT2D eigenvalue weighted by Crippen LogP contribution is 2.27. The predicted octanol–water partition coefficient (Wildman–Crippen LogP) is 6.01. The molecule has 2 N–H and O–H groups in total. The monoisotopic (exact) mass is 551 g/mol. The number of aliphatic hydroxyl groups excluding tert-OH is 1. The Bertz CT molecular complexity index is 1240. The van der Waals surface area contributed by atoms with Crippen LogP contribution in [-0.4, -0.2) is 47.8 Å². The van der Waals surface area contributed by atoms with Crippen molar-refractivity contribution in [3.8, 4) is 0 Å². The fourth-order valence-electron chi connectivity index (χ4n) is 4.80. The van der Waals surface area contributed by atoms with Gasteiger partial charge in [0, 0.05) is 11.2 Å². The molecular formula is C32H41NO5S. The minimum Gasteiger partial charge on any atom is -0.461 e. The van der Waals surface area contributed by atoms with Gasteiger partial charge in [-0.3, -0.25) is 14.9 Å². The number of Topliss-reactive ketones (excluding diaryl/α,β-unsaturated/α-hetero) is 1. The van der Waals surface area contributed by atoms with Crippen LogP contribution in [0.3, 0.4) is 0 Å². The van der Waals surface area contributed by atoms with Crippen LogP contribution in [0.5, 0.6) is 0 Å². The molecule has 1 aliphatic carbocycles. The molecule has 0 saturated heterocycles. The lowest BCUT2D eigenvalue weighted by molar-refractivity contribution is -0.154. The molecule has 0 amide bonds. The molecule has 6 nitrogen and oxygen atoms in total.